The van der Waals surface area contributed by atoms with Crippen LogP contribution in [-0.4, -0.2) is 80.7 Å². The number of hydrogen-bond donors (Lipinski definition) is 3. The van der Waals surface area contributed by atoms with Crippen molar-refractivity contribution >= 4 is 34.9 Å². The van der Waals surface area contributed by atoms with Crippen LogP contribution < -0.4 is 21.5 Å². The van der Waals surface area contributed by atoms with Gasteiger partial charge in [0.05, 0.1) is 24.4 Å². The van der Waals surface area contributed by atoms with Crippen molar-refractivity contribution in [3.05, 3.63) is 72.2 Å². The normalized spacial score (nSPS) is 14.2. The molecule has 1 saturated heterocycles. The molecule has 3 amide bonds. The number of alkyl halides is 2. The van der Waals surface area contributed by atoms with Crippen LogP contribution >= 0.6 is 0 Å². The number of fused-ring (bicyclic) bond motifs is 1. The third kappa shape index (κ3) is 6.54. The smallest absolute Gasteiger partial charge is 0.387 e. The summed E-state index contributed by atoms with van der Waals surface area (Å²) < 4.78 is 31.2. The fourth-order valence-corrected chi connectivity index (χ4v) is 4.99. The van der Waals surface area contributed by atoms with Crippen molar-refractivity contribution in [2.24, 2.45) is 11.5 Å². The molecule has 14 heteroatoms. The fourth-order valence-electron chi connectivity index (χ4n) is 4.99. The zero-order valence-electron chi connectivity index (χ0n) is 23.2. The minimum atomic E-state index is -2.90. The summed E-state index contributed by atoms with van der Waals surface area (Å²) in [7, 11) is 0. The molecule has 1 fully saturated rings. The van der Waals surface area contributed by atoms with E-state index in [2.05, 4.69) is 20.0 Å². The van der Waals surface area contributed by atoms with Gasteiger partial charge >= 0.3 is 6.61 Å². The van der Waals surface area contributed by atoms with Crippen molar-refractivity contribution in [1.29, 1.82) is 0 Å². The van der Waals surface area contributed by atoms with Crippen molar-refractivity contribution in [2.45, 2.75) is 26.0 Å². The minimum Gasteiger partial charge on any atom is -0.435 e. The Bertz CT molecular complexity index is 1650. The van der Waals surface area contributed by atoms with Crippen LogP contribution in [0.2, 0.25) is 0 Å². The number of ether oxygens (including phenoxy) is 1. The SMILES string of the molecule is Cc1cc(Nc2nccn3c(-c4ccc(OC(F)F)cc4)cnc23)ccc1C(=O)N1CCN(C(=O)[C@@H](N)CC(N)=O)CC1. The van der Waals surface area contributed by atoms with Gasteiger partial charge in [-0.3, -0.25) is 18.8 Å². The number of carbonyl (C=O) groups excluding carboxylic acids is 3. The van der Waals surface area contributed by atoms with E-state index in [1.807, 2.05) is 17.4 Å². The van der Waals surface area contributed by atoms with Gasteiger partial charge in [-0.05, 0) is 55.0 Å². The first-order valence-corrected chi connectivity index (χ1v) is 13.5. The quantitative estimate of drug-likeness (QED) is 0.267. The van der Waals surface area contributed by atoms with Crippen LogP contribution in [0.25, 0.3) is 16.9 Å². The van der Waals surface area contributed by atoms with Crippen LogP contribution in [0.15, 0.2) is 61.1 Å². The van der Waals surface area contributed by atoms with Crippen molar-refractivity contribution in [1.82, 2.24) is 24.2 Å². The Kier molecular flexibility index (Phi) is 8.48. The largest absolute Gasteiger partial charge is 0.435 e. The summed E-state index contributed by atoms with van der Waals surface area (Å²) in [6.45, 7) is 0.236. The number of rotatable bonds is 9. The van der Waals surface area contributed by atoms with E-state index in [9.17, 15) is 23.2 Å². The second kappa shape index (κ2) is 12.4. The molecule has 0 saturated carbocycles. The number of aryl methyl sites for hydroxylation is 1. The summed E-state index contributed by atoms with van der Waals surface area (Å²) in [4.78, 5) is 49.0. The highest BCUT2D eigenvalue weighted by Gasteiger charge is 2.29. The molecule has 0 spiro atoms. The summed E-state index contributed by atoms with van der Waals surface area (Å²) in [5, 5.41) is 3.26. The first-order chi connectivity index (χ1) is 20.6. The molecule has 0 bridgehead atoms. The summed E-state index contributed by atoms with van der Waals surface area (Å²) in [6, 6.07) is 10.6. The molecular formula is C29H30F2N8O4. The van der Waals surface area contributed by atoms with E-state index in [-0.39, 0.29) is 24.0 Å². The Balaban J connectivity index is 1.26. The number of imidazole rings is 1. The number of hydrogen-bond acceptors (Lipinski definition) is 8. The molecule has 3 heterocycles. The van der Waals surface area contributed by atoms with Crippen LogP contribution in [0, 0.1) is 6.92 Å². The van der Waals surface area contributed by atoms with Gasteiger partial charge in [-0.2, -0.15) is 8.78 Å². The molecule has 4 aromatic rings. The zero-order valence-corrected chi connectivity index (χ0v) is 23.2. The first-order valence-electron chi connectivity index (χ1n) is 13.5. The molecule has 224 valence electrons. The summed E-state index contributed by atoms with van der Waals surface area (Å²) in [5.41, 5.74) is 14.9. The van der Waals surface area contributed by atoms with E-state index in [1.165, 1.54) is 12.1 Å². The number of aromatic nitrogens is 3. The van der Waals surface area contributed by atoms with Crippen LogP contribution in [0.5, 0.6) is 5.75 Å². The molecule has 12 nitrogen and oxygen atoms in total. The highest BCUT2D eigenvalue weighted by atomic mass is 19.3. The van der Waals surface area contributed by atoms with Gasteiger partial charge in [0.1, 0.15) is 5.75 Å². The number of primary amides is 1. The predicted molar refractivity (Wildman–Crippen MR) is 154 cm³/mol. The van der Waals surface area contributed by atoms with E-state index < -0.39 is 18.6 Å². The molecule has 43 heavy (non-hydrogen) atoms. The summed E-state index contributed by atoms with van der Waals surface area (Å²) >= 11 is 0. The van der Waals surface area contributed by atoms with Crippen molar-refractivity contribution < 1.29 is 27.9 Å². The first kappa shape index (κ1) is 29.4. The molecule has 0 aliphatic carbocycles. The summed E-state index contributed by atoms with van der Waals surface area (Å²) in [5.74, 6) is -0.602. The third-order valence-electron chi connectivity index (χ3n) is 7.14. The molecular weight excluding hydrogens is 562 g/mol. The number of anilines is 2. The monoisotopic (exact) mass is 592 g/mol. The minimum absolute atomic E-state index is 0.0630. The van der Waals surface area contributed by atoms with Crippen molar-refractivity contribution in [3.8, 4) is 17.0 Å². The lowest BCUT2D eigenvalue weighted by Crippen LogP contribution is -2.54. The number of nitrogens with one attached hydrogen (secondary N) is 1. The molecule has 1 aliphatic heterocycles. The lowest BCUT2D eigenvalue weighted by molar-refractivity contribution is -0.136. The molecule has 1 atom stereocenters. The number of piperazine rings is 1. The van der Waals surface area contributed by atoms with Gasteiger partial charge in [0.2, 0.25) is 11.8 Å². The average Bonchev–Trinajstić information content (AvgIpc) is 3.42. The molecule has 5 N–H and O–H groups in total. The zero-order chi connectivity index (χ0) is 30.7. The third-order valence-corrected chi connectivity index (χ3v) is 7.14. The Morgan fingerprint density at radius 1 is 1.02 bits per heavy atom. The van der Waals surface area contributed by atoms with Gasteiger partial charge in [0.15, 0.2) is 11.5 Å². The standard InChI is InChI=1S/C29H30F2N8O4/c1-17-14-19(4-7-21(17)27(41)37-10-12-38(13-11-37)28(42)22(32)15-24(33)40)36-25-26-35-16-23(39(26)9-8-34-25)18-2-5-20(6-3-18)43-29(30)31/h2-9,14,16,22,29H,10-13,15,32H2,1H3,(H2,33,40)(H,34,36)/t22-/m0/s1. The van der Waals surface area contributed by atoms with Gasteiger partial charge in [0.25, 0.3) is 5.91 Å². The highest BCUT2D eigenvalue weighted by molar-refractivity contribution is 5.96. The Labute approximate surface area is 245 Å². The topological polar surface area (TPSA) is 161 Å². The highest BCUT2D eigenvalue weighted by Crippen LogP contribution is 2.28. The predicted octanol–water partition coefficient (Wildman–Crippen LogP) is 2.54. The van der Waals surface area contributed by atoms with E-state index in [0.717, 1.165) is 16.8 Å². The number of carbonyl (C=O) groups is 3. The fraction of sp³-hybridized carbons (Fsp3) is 0.276. The molecule has 2 aromatic carbocycles. The van der Waals surface area contributed by atoms with Gasteiger partial charge < -0.3 is 31.3 Å². The number of nitrogens with zero attached hydrogens (tertiary/aromatic N) is 5. The van der Waals surface area contributed by atoms with Crippen LogP contribution in [0.3, 0.4) is 0 Å². The van der Waals surface area contributed by atoms with Crippen LogP contribution in [-0.2, 0) is 9.59 Å². The Hall–Kier alpha value is -5.11. The Morgan fingerprint density at radius 3 is 2.37 bits per heavy atom. The summed E-state index contributed by atoms with van der Waals surface area (Å²) in [6.07, 6.45) is 4.80. The number of nitrogens with two attached hydrogens (primary N) is 2. The maximum absolute atomic E-state index is 13.3. The van der Waals surface area contributed by atoms with Crippen LogP contribution in [0.4, 0.5) is 20.3 Å². The maximum Gasteiger partial charge on any atom is 0.387 e. The van der Waals surface area contributed by atoms with Gasteiger partial charge in [0, 0.05) is 55.4 Å². The van der Waals surface area contributed by atoms with E-state index in [1.54, 1.807) is 52.7 Å². The van der Waals surface area contributed by atoms with Gasteiger partial charge in [-0.15, -0.1) is 0 Å². The van der Waals surface area contributed by atoms with E-state index >= 15 is 0 Å². The molecule has 2 aromatic heterocycles. The van der Waals surface area contributed by atoms with E-state index in [4.69, 9.17) is 11.5 Å². The van der Waals surface area contributed by atoms with Crippen molar-refractivity contribution in [2.75, 3.05) is 31.5 Å². The second-order valence-electron chi connectivity index (χ2n) is 10.1. The van der Waals surface area contributed by atoms with Crippen LogP contribution in [0.1, 0.15) is 22.3 Å². The van der Waals surface area contributed by atoms with Crippen molar-refractivity contribution in [3.63, 3.8) is 0 Å². The average molecular weight is 593 g/mol. The van der Waals surface area contributed by atoms with E-state index in [0.29, 0.717) is 48.9 Å². The maximum atomic E-state index is 13.3. The van der Waals surface area contributed by atoms with Gasteiger partial charge in [-0.25, -0.2) is 9.97 Å². The lowest BCUT2D eigenvalue weighted by Gasteiger charge is -2.36. The molecule has 0 radical (unpaired) electrons. The molecule has 1 aliphatic rings. The second-order valence-corrected chi connectivity index (χ2v) is 10.1. The number of benzene rings is 2. The molecule has 5 rings (SSSR count). The number of amides is 3. The molecule has 0 unspecified atom stereocenters. The Morgan fingerprint density at radius 2 is 1.72 bits per heavy atom. The number of halogens is 2. The lowest BCUT2D eigenvalue weighted by atomic mass is 10.1. The van der Waals surface area contributed by atoms with Gasteiger partial charge in [-0.1, -0.05) is 0 Å².